The van der Waals surface area contributed by atoms with Gasteiger partial charge in [-0.3, -0.25) is 4.98 Å². The number of fused-ring (bicyclic) bond motifs is 1. The van der Waals surface area contributed by atoms with E-state index in [9.17, 15) is 9.90 Å². The summed E-state index contributed by atoms with van der Waals surface area (Å²) in [7, 11) is -2.29. The van der Waals surface area contributed by atoms with Crippen LogP contribution >= 0.6 is 11.6 Å². The molecule has 4 rings (SSSR count). The lowest BCUT2D eigenvalue weighted by Gasteiger charge is -2.30. The van der Waals surface area contributed by atoms with Crippen LogP contribution in [0.4, 0.5) is 8.78 Å². The third kappa shape index (κ3) is 5.46. The number of hydrogen-bond acceptors (Lipinski definition) is 2. The van der Waals surface area contributed by atoms with Crippen LogP contribution in [0.3, 0.4) is 0 Å². The Labute approximate surface area is 222 Å². The molecular formula is C30H30ClF2NO2Si. The summed E-state index contributed by atoms with van der Waals surface area (Å²) in [5.41, 5.74) is 3.54. The molecule has 1 aromatic heterocycles. The molecule has 192 valence electrons. The standard InChI is InChI=1S/C30H30ClF2NO2Si/c1-5-6-22(18-7-9-20(10-8-18)30(35)36)26(19-11-13-21(31)14-12-19)23-15-16-34-28-24(23)17-25(32)27(33)29(28)37(2,3)4/h7-17,22,26H,5-6H2,1-4H3,(H,35,36)/t22-,26?/m1/s1. The van der Waals surface area contributed by atoms with E-state index in [0.29, 0.717) is 21.1 Å². The summed E-state index contributed by atoms with van der Waals surface area (Å²) < 4.78 is 30.2. The van der Waals surface area contributed by atoms with Crippen molar-refractivity contribution in [2.24, 2.45) is 0 Å². The van der Waals surface area contributed by atoms with E-state index in [-0.39, 0.29) is 17.4 Å². The van der Waals surface area contributed by atoms with Crippen molar-refractivity contribution in [2.45, 2.75) is 51.2 Å². The predicted octanol–water partition coefficient (Wildman–Crippen LogP) is 8.13. The van der Waals surface area contributed by atoms with E-state index in [1.54, 1.807) is 18.3 Å². The van der Waals surface area contributed by atoms with Gasteiger partial charge in [-0.05, 0) is 65.4 Å². The highest BCUT2D eigenvalue weighted by Gasteiger charge is 2.32. The Morgan fingerprint density at radius 3 is 2.19 bits per heavy atom. The van der Waals surface area contributed by atoms with Gasteiger partial charge in [0.15, 0.2) is 11.6 Å². The number of rotatable bonds is 8. The minimum atomic E-state index is -2.29. The molecule has 0 aliphatic heterocycles. The summed E-state index contributed by atoms with van der Waals surface area (Å²) in [6.07, 6.45) is 3.35. The monoisotopic (exact) mass is 537 g/mol. The van der Waals surface area contributed by atoms with Crippen molar-refractivity contribution in [3.63, 3.8) is 0 Å². The molecule has 3 aromatic carbocycles. The number of nitrogens with zero attached hydrogens (tertiary/aromatic N) is 1. The molecule has 1 N–H and O–H groups in total. The van der Waals surface area contributed by atoms with Crippen molar-refractivity contribution in [2.75, 3.05) is 0 Å². The van der Waals surface area contributed by atoms with Crippen LogP contribution in [0, 0.1) is 11.6 Å². The molecule has 1 heterocycles. The Balaban J connectivity index is 2.03. The summed E-state index contributed by atoms with van der Waals surface area (Å²) in [6, 6.07) is 17.7. The van der Waals surface area contributed by atoms with Crippen molar-refractivity contribution >= 4 is 41.7 Å². The highest BCUT2D eigenvalue weighted by Crippen LogP contribution is 2.44. The van der Waals surface area contributed by atoms with Gasteiger partial charge < -0.3 is 5.11 Å². The molecule has 0 amide bonds. The number of benzene rings is 3. The van der Waals surface area contributed by atoms with Gasteiger partial charge in [-0.1, -0.05) is 68.9 Å². The van der Waals surface area contributed by atoms with Crippen molar-refractivity contribution < 1.29 is 18.7 Å². The largest absolute Gasteiger partial charge is 0.478 e. The molecule has 0 aliphatic rings. The molecule has 0 saturated heterocycles. The Bertz CT molecular complexity index is 1430. The summed E-state index contributed by atoms with van der Waals surface area (Å²) in [5.74, 6) is -2.94. The fourth-order valence-electron chi connectivity index (χ4n) is 5.22. The van der Waals surface area contributed by atoms with Crippen LogP contribution in [-0.2, 0) is 0 Å². The molecule has 4 aromatic rings. The van der Waals surface area contributed by atoms with Crippen LogP contribution in [0.15, 0.2) is 66.9 Å². The summed E-state index contributed by atoms with van der Waals surface area (Å²) in [5, 5.41) is 11.0. The Morgan fingerprint density at radius 1 is 1.00 bits per heavy atom. The van der Waals surface area contributed by atoms with E-state index in [0.717, 1.165) is 29.5 Å². The van der Waals surface area contributed by atoms with Gasteiger partial charge in [-0.2, -0.15) is 0 Å². The smallest absolute Gasteiger partial charge is 0.335 e. The molecule has 0 bridgehead atoms. The van der Waals surface area contributed by atoms with Gasteiger partial charge in [0.05, 0.1) is 19.2 Å². The molecule has 2 atom stereocenters. The molecule has 0 spiro atoms. The van der Waals surface area contributed by atoms with E-state index in [4.69, 9.17) is 11.6 Å². The van der Waals surface area contributed by atoms with Crippen molar-refractivity contribution in [1.29, 1.82) is 0 Å². The Kier molecular flexibility index (Phi) is 7.81. The number of hydrogen-bond donors (Lipinski definition) is 1. The average Bonchev–Trinajstić information content (AvgIpc) is 2.85. The zero-order valence-electron chi connectivity index (χ0n) is 21.4. The zero-order valence-corrected chi connectivity index (χ0v) is 23.1. The Morgan fingerprint density at radius 2 is 1.62 bits per heavy atom. The van der Waals surface area contributed by atoms with Crippen molar-refractivity contribution in [1.82, 2.24) is 4.98 Å². The molecule has 3 nitrogen and oxygen atoms in total. The fourth-order valence-corrected chi connectivity index (χ4v) is 7.03. The number of aromatic carboxylic acids is 1. The number of pyridine rings is 1. The Hall–Kier alpha value is -3.09. The second-order valence-corrected chi connectivity index (χ2v) is 15.9. The maximum absolute atomic E-state index is 15.1. The van der Waals surface area contributed by atoms with E-state index >= 15 is 8.78 Å². The van der Waals surface area contributed by atoms with Gasteiger partial charge in [0.25, 0.3) is 0 Å². The molecular weight excluding hydrogens is 508 g/mol. The lowest BCUT2D eigenvalue weighted by atomic mass is 9.74. The van der Waals surface area contributed by atoms with Gasteiger partial charge >= 0.3 is 5.97 Å². The van der Waals surface area contributed by atoms with E-state index in [1.165, 1.54) is 6.07 Å². The number of halogens is 3. The van der Waals surface area contributed by atoms with Gasteiger partial charge in [-0.25, -0.2) is 13.6 Å². The van der Waals surface area contributed by atoms with Gasteiger partial charge in [0.1, 0.15) is 0 Å². The highest BCUT2D eigenvalue weighted by atomic mass is 35.5. The maximum atomic E-state index is 15.1. The van der Waals surface area contributed by atoms with E-state index in [1.807, 2.05) is 62.1 Å². The zero-order chi connectivity index (χ0) is 26.9. The first-order chi connectivity index (χ1) is 17.5. The molecule has 1 unspecified atom stereocenters. The minimum absolute atomic E-state index is 0.0527. The maximum Gasteiger partial charge on any atom is 0.335 e. The van der Waals surface area contributed by atoms with Gasteiger partial charge in [0, 0.05) is 27.7 Å². The third-order valence-corrected chi connectivity index (χ3v) is 9.07. The third-order valence-electron chi connectivity index (χ3n) is 6.86. The first-order valence-electron chi connectivity index (χ1n) is 12.4. The molecule has 7 heteroatoms. The SMILES string of the molecule is CCC[C@H](c1ccc(C(=O)O)cc1)C(c1ccc(Cl)cc1)c1ccnc2c([Si](C)(C)C)c(F)c(F)cc12. The van der Waals surface area contributed by atoms with E-state index < -0.39 is 25.7 Å². The van der Waals surface area contributed by atoms with E-state index in [2.05, 4.69) is 11.9 Å². The normalized spacial score (nSPS) is 13.5. The first-order valence-corrected chi connectivity index (χ1v) is 16.3. The molecule has 0 saturated carbocycles. The average molecular weight is 538 g/mol. The summed E-state index contributed by atoms with van der Waals surface area (Å²) >= 11 is 6.22. The predicted molar refractivity (Wildman–Crippen MR) is 149 cm³/mol. The highest BCUT2D eigenvalue weighted by molar-refractivity contribution is 6.90. The van der Waals surface area contributed by atoms with Crippen LogP contribution in [0.25, 0.3) is 10.9 Å². The van der Waals surface area contributed by atoms with Crippen molar-refractivity contribution in [3.05, 3.63) is 106 Å². The summed E-state index contributed by atoms with van der Waals surface area (Å²) in [6.45, 7) is 8.05. The van der Waals surface area contributed by atoms with Crippen LogP contribution in [-0.4, -0.2) is 24.1 Å². The molecule has 0 aliphatic carbocycles. The lowest BCUT2D eigenvalue weighted by Crippen LogP contribution is -2.41. The van der Waals surface area contributed by atoms with Gasteiger partial charge in [-0.15, -0.1) is 0 Å². The molecule has 37 heavy (non-hydrogen) atoms. The van der Waals surface area contributed by atoms with Crippen LogP contribution in [0.5, 0.6) is 0 Å². The minimum Gasteiger partial charge on any atom is -0.478 e. The number of carboxylic acids is 1. The first kappa shape index (κ1) is 27.0. The number of carbonyl (C=O) groups is 1. The van der Waals surface area contributed by atoms with Crippen LogP contribution in [0.2, 0.25) is 24.7 Å². The topological polar surface area (TPSA) is 50.2 Å². The fraction of sp³-hybridized carbons (Fsp3) is 0.267. The second-order valence-electron chi connectivity index (χ2n) is 10.4. The molecule has 0 radical (unpaired) electrons. The van der Waals surface area contributed by atoms with Crippen LogP contribution < -0.4 is 5.19 Å². The number of aromatic nitrogens is 1. The second kappa shape index (κ2) is 10.7. The van der Waals surface area contributed by atoms with Crippen molar-refractivity contribution in [3.8, 4) is 0 Å². The van der Waals surface area contributed by atoms with Gasteiger partial charge in [0.2, 0.25) is 0 Å². The lowest BCUT2D eigenvalue weighted by molar-refractivity contribution is 0.0697. The summed E-state index contributed by atoms with van der Waals surface area (Å²) in [4.78, 5) is 16.0. The number of carboxylic acid groups (broad SMARTS) is 1. The quantitative estimate of drug-likeness (QED) is 0.231. The molecule has 0 fully saturated rings. The van der Waals surface area contributed by atoms with Crippen LogP contribution in [0.1, 0.15) is 58.6 Å².